The van der Waals surface area contributed by atoms with Crippen LogP contribution in [-0.4, -0.2) is 5.76 Å². The molecule has 0 radical (unpaired) electrons. The number of hydrogen-bond acceptors (Lipinski definition) is 3. The number of halogens is 3. The van der Waals surface area contributed by atoms with Gasteiger partial charge in [0.05, 0.1) is 11.6 Å². The van der Waals surface area contributed by atoms with Crippen LogP contribution in [0.2, 0.25) is 5.02 Å². The van der Waals surface area contributed by atoms with E-state index >= 15 is 0 Å². The average molecular weight is 325 g/mol. The Morgan fingerprint density at radius 2 is 2.00 bits per heavy atom. The molecule has 2 aromatic rings. The number of benzene rings is 2. The summed E-state index contributed by atoms with van der Waals surface area (Å²) in [5, 5.41) is 12.3. The minimum absolute atomic E-state index is 0.394. The van der Waals surface area contributed by atoms with Crippen LogP contribution in [0.4, 0.5) is 14.5 Å². The van der Waals surface area contributed by atoms with E-state index in [0.717, 1.165) is 5.56 Å². The zero-order valence-corrected chi connectivity index (χ0v) is 12.4. The molecule has 1 N–H and O–H groups in total. The minimum atomic E-state index is -2.47. The predicted molar refractivity (Wildman–Crippen MR) is 81.8 cm³/mol. The SMILES string of the molecule is N#Cc1ccc(CNc2ccccc2SC(F)F)c(Cl)c1. The van der Waals surface area contributed by atoms with Crippen molar-refractivity contribution in [3.05, 3.63) is 58.6 Å². The summed E-state index contributed by atoms with van der Waals surface area (Å²) in [5.74, 6) is -2.47. The molecule has 0 saturated carbocycles. The maximum absolute atomic E-state index is 12.5. The fourth-order valence-corrected chi connectivity index (χ4v) is 2.63. The van der Waals surface area contributed by atoms with Crippen LogP contribution >= 0.6 is 23.4 Å². The molecule has 6 heteroatoms. The summed E-state index contributed by atoms with van der Waals surface area (Å²) in [5.41, 5.74) is 1.91. The maximum atomic E-state index is 12.5. The topological polar surface area (TPSA) is 35.8 Å². The summed E-state index contributed by atoms with van der Waals surface area (Å²) in [4.78, 5) is 0.484. The van der Waals surface area contributed by atoms with Crippen molar-refractivity contribution in [1.29, 1.82) is 5.26 Å². The molecule has 2 nitrogen and oxygen atoms in total. The normalized spacial score (nSPS) is 10.4. The third kappa shape index (κ3) is 4.35. The van der Waals surface area contributed by atoms with E-state index < -0.39 is 5.76 Å². The molecule has 0 unspecified atom stereocenters. The maximum Gasteiger partial charge on any atom is 0.288 e. The molecule has 0 spiro atoms. The van der Waals surface area contributed by atoms with Crippen LogP contribution in [0, 0.1) is 11.3 Å². The molecule has 0 heterocycles. The minimum Gasteiger partial charge on any atom is -0.380 e. The fraction of sp³-hybridized carbons (Fsp3) is 0.133. The van der Waals surface area contributed by atoms with Gasteiger partial charge >= 0.3 is 0 Å². The Balaban J connectivity index is 2.12. The van der Waals surface area contributed by atoms with Gasteiger partial charge in [-0.25, -0.2) is 0 Å². The summed E-state index contributed by atoms with van der Waals surface area (Å²) in [6.07, 6.45) is 0. The van der Waals surface area contributed by atoms with Crippen LogP contribution in [0.25, 0.3) is 0 Å². The number of para-hydroxylation sites is 1. The zero-order valence-electron chi connectivity index (χ0n) is 10.8. The van der Waals surface area contributed by atoms with Gasteiger partial charge in [0.25, 0.3) is 5.76 Å². The first kappa shape index (κ1) is 15.6. The summed E-state index contributed by atoms with van der Waals surface area (Å²) < 4.78 is 25.0. The number of rotatable bonds is 5. The molecule has 2 rings (SSSR count). The predicted octanol–water partition coefficient (Wildman–Crippen LogP) is 5.14. The molecule has 108 valence electrons. The van der Waals surface area contributed by atoms with Crippen LogP contribution in [0.1, 0.15) is 11.1 Å². The number of nitrogens with zero attached hydrogens (tertiary/aromatic N) is 1. The van der Waals surface area contributed by atoms with Gasteiger partial charge in [0.1, 0.15) is 0 Å². The van der Waals surface area contributed by atoms with Crippen LogP contribution in [0.15, 0.2) is 47.4 Å². The standard InChI is InChI=1S/C15H11ClF2N2S/c16-12-7-10(8-19)5-6-11(12)9-20-13-3-1-2-4-14(13)21-15(17)18/h1-7,15,20H,9H2. The molecule has 0 bridgehead atoms. The van der Waals surface area contributed by atoms with E-state index in [1.807, 2.05) is 6.07 Å². The van der Waals surface area contributed by atoms with Crippen molar-refractivity contribution in [1.82, 2.24) is 0 Å². The Labute approximate surface area is 130 Å². The van der Waals surface area contributed by atoms with Gasteiger partial charge in [0, 0.05) is 22.2 Å². The third-order valence-corrected chi connectivity index (χ3v) is 3.89. The van der Waals surface area contributed by atoms with Crippen molar-refractivity contribution >= 4 is 29.1 Å². The fourth-order valence-electron chi connectivity index (χ4n) is 1.76. The average Bonchev–Trinajstić information content (AvgIpc) is 2.46. The number of anilines is 1. The summed E-state index contributed by atoms with van der Waals surface area (Å²) in [6, 6.07) is 13.9. The quantitative estimate of drug-likeness (QED) is 0.774. The Kier molecular flexibility index (Phi) is 5.43. The van der Waals surface area contributed by atoms with Gasteiger partial charge in [0.15, 0.2) is 0 Å². The first-order chi connectivity index (χ1) is 10.1. The van der Waals surface area contributed by atoms with E-state index in [9.17, 15) is 8.78 Å². The number of hydrogen-bond donors (Lipinski definition) is 1. The van der Waals surface area contributed by atoms with Crippen LogP contribution < -0.4 is 5.32 Å². The van der Waals surface area contributed by atoms with Gasteiger partial charge in [-0.2, -0.15) is 14.0 Å². The van der Waals surface area contributed by atoms with Gasteiger partial charge in [-0.1, -0.05) is 41.6 Å². The molecule has 21 heavy (non-hydrogen) atoms. The smallest absolute Gasteiger partial charge is 0.288 e. The van der Waals surface area contributed by atoms with Gasteiger partial charge in [-0.3, -0.25) is 0 Å². The first-order valence-corrected chi connectivity index (χ1v) is 7.32. The molecular formula is C15H11ClF2N2S. The highest BCUT2D eigenvalue weighted by molar-refractivity contribution is 7.99. The Hall–Kier alpha value is -1.77. The second kappa shape index (κ2) is 7.30. The van der Waals surface area contributed by atoms with E-state index in [2.05, 4.69) is 5.32 Å². The number of nitrogens with one attached hydrogen (secondary N) is 1. The van der Waals surface area contributed by atoms with Gasteiger partial charge in [0.2, 0.25) is 0 Å². The van der Waals surface area contributed by atoms with E-state index in [1.165, 1.54) is 0 Å². The number of nitriles is 1. The van der Waals surface area contributed by atoms with E-state index in [-0.39, 0.29) is 0 Å². The highest BCUT2D eigenvalue weighted by Crippen LogP contribution is 2.32. The summed E-state index contributed by atoms with van der Waals surface area (Å²) >= 11 is 6.58. The second-order valence-corrected chi connectivity index (χ2v) is 5.59. The lowest BCUT2D eigenvalue weighted by molar-refractivity contribution is 0.252. The van der Waals surface area contributed by atoms with Crippen molar-refractivity contribution < 1.29 is 8.78 Å². The monoisotopic (exact) mass is 324 g/mol. The molecule has 0 aliphatic carbocycles. The summed E-state index contributed by atoms with van der Waals surface area (Å²) in [6.45, 7) is 0.394. The Morgan fingerprint density at radius 1 is 1.24 bits per heavy atom. The van der Waals surface area contributed by atoms with Crippen molar-refractivity contribution in [2.24, 2.45) is 0 Å². The molecule has 0 amide bonds. The molecule has 0 fully saturated rings. The molecule has 0 aliphatic rings. The largest absolute Gasteiger partial charge is 0.380 e. The highest BCUT2D eigenvalue weighted by Gasteiger charge is 2.10. The molecule has 0 atom stereocenters. The highest BCUT2D eigenvalue weighted by atomic mass is 35.5. The lowest BCUT2D eigenvalue weighted by Gasteiger charge is -2.12. The van der Waals surface area contributed by atoms with E-state index in [1.54, 1.807) is 42.5 Å². The van der Waals surface area contributed by atoms with Crippen LogP contribution in [-0.2, 0) is 6.54 Å². The molecular weight excluding hydrogens is 314 g/mol. The van der Waals surface area contributed by atoms with Gasteiger partial charge in [-0.05, 0) is 29.8 Å². The van der Waals surface area contributed by atoms with Crippen molar-refractivity contribution in [3.8, 4) is 6.07 Å². The van der Waals surface area contributed by atoms with Crippen molar-refractivity contribution in [2.45, 2.75) is 17.2 Å². The van der Waals surface area contributed by atoms with Crippen molar-refractivity contribution in [3.63, 3.8) is 0 Å². The van der Waals surface area contributed by atoms with Crippen LogP contribution in [0.5, 0.6) is 0 Å². The Morgan fingerprint density at radius 3 is 2.67 bits per heavy atom. The molecule has 0 saturated heterocycles. The molecule has 2 aromatic carbocycles. The summed E-state index contributed by atoms with van der Waals surface area (Å²) in [7, 11) is 0. The third-order valence-electron chi connectivity index (χ3n) is 2.75. The first-order valence-electron chi connectivity index (χ1n) is 6.06. The number of alkyl halides is 2. The lowest BCUT2D eigenvalue weighted by atomic mass is 10.1. The molecule has 0 aromatic heterocycles. The number of thioether (sulfide) groups is 1. The van der Waals surface area contributed by atoms with Gasteiger partial charge < -0.3 is 5.32 Å². The van der Waals surface area contributed by atoms with Crippen LogP contribution in [0.3, 0.4) is 0 Å². The second-order valence-electron chi connectivity index (χ2n) is 4.15. The van der Waals surface area contributed by atoms with E-state index in [4.69, 9.17) is 16.9 Å². The lowest BCUT2D eigenvalue weighted by Crippen LogP contribution is -2.02. The molecule has 0 aliphatic heterocycles. The van der Waals surface area contributed by atoms with E-state index in [0.29, 0.717) is 39.5 Å². The van der Waals surface area contributed by atoms with Crippen molar-refractivity contribution in [2.75, 3.05) is 5.32 Å². The zero-order chi connectivity index (χ0) is 15.2. The van der Waals surface area contributed by atoms with Gasteiger partial charge in [-0.15, -0.1) is 0 Å². The Bertz CT molecular complexity index is 671.